The minimum absolute atomic E-state index is 0.142. The van der Waals surface area contributed by atoms with E-state index in [1.165, 1.54) is 20.8 Å². The molecule has 0 radical (unpaired) electrons. The number of carbonyl (C=O) groups is 4. The van der Waals surface area contributed by atoms with Crippen molar-refractivity contribution in [1.82, 2.24) is 16.0 Å². The van der Waals surface area contributed by atoms with Gasteiger partial charge in [-0.25, -0.2) is 0 Å². The summed E-state index contributed by atoms with van der Waals surface area (Å²) in [7, 11) is 0. The summed E-state index contributed by atoms with van der Waals surface area (Å²) in [6.45, 7) is 5.82. The molecule has 1 aromatic carbocycles. The van der Waals surface area contributed by atoms with Crippen LogP contribution >= 0.6 is 0 Å². The first-order chi connectivity index (χ1) is 17.2. The molecule has 0 aromatic heterocycles. The predicted octanol–water partition coefficient (Wildman–Crippen LogP) is -0.213. The number of aliphatic hydroxyl groups is 1. The molecule has 0 heterocycles. The summed E-state index contributed by atoms with van der Waals surface area (Å²) in [6, 6.07) is 3.14. The molecule has 12 heteroatoms. The number of anilines is 1. The van der Waals surface area contributed by atoms with E-state index >= 15 is 0 Å². The lowest BCUT2D eigenvalue weighted by atomic mass is 10.1. The molecule has 7 N–H and O–H groups in total. The van der Waals surface area contributed by atoms with Gasteiger partial charge in [-0.1, -0.05) is 6.07 Å². The van der Waals surface area contributed by atoms with Crippen molar-refractivity contribution < 1.29 is 33.8 Å². The van der Waals surface area contributed by atoms with Crippen LogP contribution in [0.5, 0.6) is 5.75 Å². The van der Waals surface area contributed by atoms with Gasteiger partial charge in [0.1, 0.15) is 24.4 Å². The molecule has 1 rings (SSSR count). The minimum Gasteiger partial charge on any atom is -0.491 e. The highest BCUT2D eigenvalue weighted by Gasteiger charge is 2.24. The zero-order valence-corrected chi connectivity index (χ0v) is 21.2. The van der Waals surface area contributed by atoms with E-state index in [1.54, 1.807) is 18.2 Å². The summed E-state index contributed by atoms with van der Waals surface area (Å²) in [5, 5.41) is 20.2. The largest absolute Gasteiger partial charge is 0.491 e. The van der Waals surface area contributed by atoms with E-state index in [0.717, 1.165) is 0 Å². The van der Waals surface area contributed by atoms with Crippen LogP contribution in [-0.4, -0.2) is 73.7 Å². The molecular weight excluding hydrogens is 470 g/mol. The third kappa shape index (κ3) is 12.5. The van der Waals surface area contributed by atoms with Gasteiger partial charge in [-0.2, -0.15) is 0 Å². The Balaban J connectivity index is 2.87. The van der Waals surface area contributed by atoms with Crippen LogP contribution in [0.25, 0.3) is 0 Å². The number of rotatable bonds is 17. The quantitative estimate of drug-likeness (QED) is 0.156. The van der Waals surface area contributed by atoms with Gasteiger partial charge in [0.05, 0.1) is 19.8 Å². The number of carbonyl (C=O) groups excluding carboxylic acids is 4. The Morgan fingerprint density at radius 2 is 1.75 bits per heavy atom. The molecule has 2 atom stereocenters. The van der Waals surface area contributed by atoms with Crippen LogP contribution in [-0.2, 0) is 30.5 Å². The zero-order valence-electron chi connectivity index (χ0n) is 21.2. The fourth-order valence-electron chi connectivity index (χ4n) is 3.20. The van der Waals surface area contributed by atoms with Gasteiger partial charge in [0.2, 0.25) is 23.6 Å². The lowest BCUT2D eigenvalue weighted by Crippen LogP contribution is -2.51. The minimum atomic E-state index is -0.877. The Kier molecular flexibility index (Phi) is 14.8. The van der Waals surface area contributed by atoms with Crippen molar-refractivity contribution in [3.05, 3.63) is 23.8 Å². The van der Waals surface area contributed by atoms with E-state index in [-0.39, 0.29) is 25.0 Å². The highest BCUT2D eigenvalue weighted by Crippen LogP contribution is 2.24. The van der Waals surface area contributed by atoms with Crippen molar-refractivity contribution in [1.29, 1.82) is 0 Å². The van der Waals surface area contributed by atoms with E-state index < -0.39 is 23.9 Å². The molecule has 36 heavy (non-hydrogen) atoms. The van der Waals surface area contributed by atoms with Crippen LogP contribution in [0.4, 0.5) is 5.69 Å². The summed E-state index contributed by atoms with van der Waals surface area (Å²) >= 11 is 0. The number of ether oxygens (including phenoxy) is 2. The van der Waals surface area contributed by atoms with Crippen molar-refractivity contribution in [2.75, 3.05) is 38.2 Å². The van der Waals surface area contributed by atoms with Gasteiger partial charge in [0, 0.05) is 44.3 Å². The Bertz CT molecular complexity index is 865. The maximum atomic E-state index is 13.1. The van der Waals surface area contributed by atoms with Gasteiger partial charge in [-0.15, -0.1) is 0 Å². The van der Waals surface area contributed by atoms with Gasteiger partial charge in [0.15, 0.2) is 0 Å². The van der Waals surface area contributed by atoms with Crippen LogP contribution in [0.15, 0.2) is 18.2 Å². The lowest BCUT2D eigenvalue weighted by Gasteiger charge is -2.21. The first kappa shape index (κ1) is 30.8. The molecule has 0 fully saturated rings. The number of benzene rings is 1. The van der Waals surface area contributed by atoms with Crippen LogP contribution in [0, 0.1) is 0 Å². The Labute approximate surface area is 211 Å². The average molecular weight is 510 g/mol. The summed E-state index contributed by atoms with van der Waals surface area (Å²) in [4.78, 5) is 47.9. The number of nitrogens with two attached hydrogens (primary N) is 1. The number of hydrogen-bond donors (Lipinski definition) is 6. The Morgan fingerprint density at radius 1 is 1.00 bits per heavy atom. The molecule has 1 aromatic rings. The van der Waals surface area contributed by atoms with E-state index in [1.807, 2.05) is 0 Å². The fraction of sp³-hybridized carbons (Fsp3) is 0.583. The molecule has 0 saturated heterocycles. The lowest BCUT2D eigenvalue weighted by molar-refractivity contribution is -0.130. The van der Waals surface area contributed by atoms with Crippen LogP contribution < -0.4 is 31.7 Å². The number of unbranched alkanes of at least 4 members (excludes halogenated alkanes) is 1. The maximum Gasteiger partial charge on any atom is 0.246 e. The van der Waals surface area contributed by atoms with Crippen LogP contribution in [0.3, 0.4) is 0 Å². The number of nitrogens with one attached hydrogen (secondary N) is 4. The summed E-state index contributed by atoms with van der Waals surface area (Å²) < 4.78 is 11.0. The van der Waals surface area contributed by atoms with Gasteiger partial charge < -0.3 is 41.6 Å². The third-order valence-electron chi connectivity index (χ3n) is 4.99. The molecule has 0 aliphatic heterocycles. The molecule has 0 unspecified atom stereocenters. The smallest absolute Gasteiger partial charge is 0.246 e. The number of amides is 4. The van der Waals surface area contributed by atoms with E-state index in [9.17, 15) is 24.3 Å². The number of aliphatic hydroxyl groups excluding tert-OH is 1. The second kappa shape index (κ2) is 17.2. The maximum absolute atomic E-state index is 13.1. The topological polar surface area (TPSA) is 181 Å². The molecular formula is C24H39N5O7. The van der Waals surface area contributed by atoms with Crippen molar-refractivity contribution in [3.8, 4) is 5.75 Å². The highest BCUT2D eigenvalue weighted by atomic mass is 16.5. The van der Waals surface area contributed by atoms with Crippen molar-refractivity contribution in [2.24, 2.45) is 5.73 Å². The molecule has 202 valence electrons. The zero-order chi connectivity index (χ0) is 26.9. The fourth-order valence-corrected chi connectivity index (χ4v) is 3.20. The normalized spacial score (nSPS) is 12.2. The molecule has 0 aliphatic rings. The van der Waals surface area contributed by atoms with E-state index in [2.05, 4.69) is 21.3 Å². The summed E-state index contributed by atoms with van der Waals surface area (Å²) in [6.07, 6.45) is 1.50. The van der Waals surface area contributed by atoms with Crippen molar-refractivity contribution in [2.45, 2.75) is 58.7 Å². The monoisotopic (exact) mass is 509 g/mol. The number of hydrogen-bond acceptors (Lipinski definition) is 8. The average Bonchev–Trinajstić information content (AvgIpc) is 2.82. The van der Waals surface area contributed by atoms with E-state index in [4.69, 9.17) is 15.2 Å². The van der Waals surface area contributed by atoms with Gasteiger partial charge in [-0.05, 0) is 32.3 Å². The molecule has 0 spiro atoms. The Morgan fingerprint density at radius 3 is 2.39 bits per heavy atom. The van der Waals surface area contributed by atoms with Gasteiger partial charge in [0.25, 0.3) is 0 Å². The summed E-state index contributed by atoms with van der Waals surface area (Å²) in [5.74, 6) is -1.06. The Hall–Kier alpha value is -3.22. The second-order valence-corrected chi connectivity index (χ2v) is 8.18. The van der Waals surface area contributed by atoms with Gasteiger partial charge >= 0.3 is 0 Å². The standard InChI is InChI=1S/C24H39N5O7/c1-16(27-18(3)32)23(33)29-21(6-4-5-10-26-17(2)31)24(34)28-20-8-7-19(15-30)22(14-20)36-13-12-35-11-9-25/h7-8,14,16,21,30H,4-6,9-13,15,25H2,1-3H3,(H,26,31)(H,27,32)(H,28,34)(H,29,33)/t16-,21-/m0/s1. The molecule has 0 saturated carbocycles. The first-order valence-electron chi connectivity index (χ1n) is 11.9. The molecule has 4 amide bonds. The van der Waals surface area contributed by atoms with Gasteiger partial charge in [-0.3, -0.25) is 19.2 Å². The van der Waals surface area contributed by atoms with Crippen molar-refractivity contribution in [3.63, 3.8) is 0 Å². The molecule has 12 nitrogen and oxygen atoms in total. The summed E-state index contributed by atoms with van der Waals surface area (Å²) in [5.41, 5.74) is 6.34. The molecule has 0 bridgehead atoms. The predicted molar refractivity (Wildman–Crippen MR) is 134 cm³/mol. The van der Waals surface area contributed by atoms with E-state index in [0.29, 0.717) is 62.6 Å². The molecule has 0 aliphatic carbocycles. The highest BCUT2D eigenvalue weighted by molar-refractivity contribution is 5.98. The van der Waals surface area contributed by atoms with Crippen molar-refractivity contribution >= 4 is 29.3 Å². The van der Waals surface area contributed by atoms with Crippen LogP contribution in [0.2, 0.25) is 0 Å². The van der Waals surface area contributed by atoms with Crippen LogP contribution in [0.1, 0.15) is 45.6 Å². The second-order valence-electron chi connectivity index (χ2n) is 8.18. The first-order valence-corrected chi connectivity index (χ1v) is 11.9. The SMILES string of the molecule is CC(=O)NCCCC[C@H](NC(=O)[C@H](C)NC(C)=O)C(=O)Nc1ccc(CO)c(OCCOCCN)c1. The third-order valence-corrected chi connectivity index (χ3v) is 4.99.